The van der Waals surface area contributed by atoms with E-state index in [9.17, 15) is 9.59 Å². The van der Waals surface area contributed by atoms with Gasteiger partial charge in [0.1, 0.15) is 6.10 Å². The van der Waals surface area contributed by atoms with Gasteiger partial charge in [0, 0.05) is 32.4 Å². The fraction of sp³-hybridized carbons (Fsp3) is 0.905. The van der Waals surface area contributed by atoms with Gasteiger partial charge in [-0.05, 0) is 143 Å². The monoisotopic (exact) mass is 793 g/mol. The molecule has 0 aromatic rings. The predicted molar refractivity (Wildman–Crippen MR) is 225 cm³/mol. The van der Waals surface area contributed by atoms with Crippen molar-refractivity contribution < 1.29 is 14.3 Å². The highest BCUT2D eigenvalue weighted by molar-refractivity contribution is 5.86. The Labute approximate surface area is 337 Å². The van der Waals surface area contributed by atoms with Crippen LogP contribution in [0, 0.1) is 46.3 Å². The van der Waals surface area contributed by atoms with E-state index in [2.05, 4.69) is 46.0 Å². The molecule has 10 heteroatoms. The molecule has 0 aliphatic heterocycles. The highest BCUT2D eigenvalue weighted by Gasteiger charge is 2.59. The highest BCUT2D eigenvalue weighted by atomic mass is 35.5. The molecule has 4 rings (SSSR count). The molecule has 1 amide bonds. The van der Waals surface area contributed by atoms with Crippen molar-refractivity contribution in [3.8, 4) is 0 Å². The van der Waals surface area contributed by atoms with Crippen molar-refractivity contribution in [1.82, 2.24) is 10.2 Å². The third-order valence-corrected chi connectivity index (χ3v) is 13.7. The van der Waals surface area contributed by atoms with Gasteiger partial charge in [-0.2, -0.15) is 0 Å². The fourth-order valence-corrected chi connectivity index (χ4v) is 10.7. The minimum Gasteiger partial charge on any atom is -0.462 e. The molecular formula is C42H79Cl3N4O3. The Morgan fingerprint density at radius 3 is 2.27 bits per heavy atom. The Balaban J connectivity index is 0.00000451. The quantitative estimate of drug-likeness (QED) is 0.0608. The van der Waals surface area contributed by atoms with E-state index in [1.54, 1.807) is 5.57 Å². The van der Waals surface area contributed by atoms with Crippen LogP contribution in [-0.4, -0.2) is 62.1 Å². The molecular weight excluding hydrogens is 715 g/mol. The summed E-state index contributed by atoms with van der Waals surface area (Å²) in [6, 6.07) is 0. The number of amides is 1. The van der Waals surface area contributed by atoms with Gasteiger partial charge in [-0.1, -0.05) is 72.0 Å². The number of esters is 1. The van der Waals surface area contributed by atoms with Crippen LogP contribution in [0.2, 0.25) is 0 Å². The third kappa shape index (κ3) is 13.3. The van der Waals surface area contributed by atoms with Crippen LogP contribution in [0.15, 0.2) is 11.6 Å². The summed E-state index contributed by atoms with van der Waals surface area (Å²) in [5.74, 6) is 4.56. The van der Waals surface area contributed by atoms with Crippen LogP contribution < -0.4 is 16.8 Å². The van der Waals surface area contributed by atoms with Gasteiger partial charge in [-0.25, -0.2) is 0 Å². The largest absolute Gasteiger partial charge is 0.462 e. The van der Waals surface area contributed by atoms with Gasteiger partial charge in [-0.3, -0.25) is 9.59 Å². The lowest BCUT2D eigenvalue weighted by Gasteiger charge is -2.60. The van der Waals surface area contributed by atoms with Crippen LogP contribution >= 0.6 is 37.2 Å². The molecule has 4 aliphatic carbocycles. The van der Waals surface area contributed by atoms with E-state index < -0.39 is 0 Å². The lowest BCUT2D eigenvalue weighted by molar-refractivity contribution is -0.152. The number of hydrogen-bond donors (Lipinski definition) is 3. The molecule has 0 heterocycles. The first-order chi connectivity index (χ1) is 23.5. The van der Waals surface area contributed by atoms with Crippen molar-refractivity contribution in [2.75, 3.05) is 39.3 Å². The van der Waals surface area contributed by atoms with Gasteiger partial charge in [0.2, 0.25) is 5.91 Å². The SMILES string of the molecule is CC(C)CCC[C@@H](C)C1C=C2CC(OC(=O)CCCC(=O)N(CCCN)CCCCNCCCN)CCC2(C)C2CCC3(C)CCCC3C12.Cl.Cl.Cl. The van der Waals surface area contributed by atoms with Crippen LogP contribution in [0.5, 0.6) is 0 Å². The molecule has 5 N–H and O–H groups in total. The van der Waals surface area contributed by atoms with E-state index >= 15 is 0 Å². The first-order valence-electron chi connectivity index (χ1n) is 20.8. The first kappa shape index (κ1) is 49.4. The second-order valence-corrected chi connectivity index (χ2v) is 17.7. The minimum atomic E-state index is -0.134. The molecule has 0 radical (unpaired) electrons. The average Bonchev–Trinajstić information content (AvgIpc) is 3.47. The van der Waals surface area contributed by atoms with Crippen molar-refractivity contribution in [2.24, 2.45) is 57.8 Å². The summed E-state index contributed by atoms with van der Waals surface area (Å²) < 4.78 is 6.18. The molecule has 3 saturated carbocycles. The van der Waals surface area contributed by atoms with E-state index in [4.69, 9.17) is 16.2 Å². The van der Waals surface area contributed by atoms with Gasteiger partial charge in [0.25, 0.3) is 0 Å². The number of nitrogens with one attached hydrogen (secondary N) is 1. The molecule has 0 aromatic heterocycles. The van der Waals surface area contributed by atoms with Crippen LogP contribution in [0.1, 0.15) is 150 Å². The second-order valence-electron chi connectivity index (χ2n) is 17.7. The summed E-state index contributed by atoms with van der Waals surface area (Å²) in [7, 11) is 0. The molecule has 7 nitrogen and oxygen atoms in total. The number of ether oxygens (including phenoxy) is 1. The number of fused-ring (bicyclic) bond motifs is 5. The van der Waals surface area contributed by atoms with Crippen LogP contribution in [0.25, 0.3) is 0 Å². The number of carbonyl (C=O) groups is 2. The first-order valence-corrected chi connectivity index (χ1v) is 20.8. The summed E-state index contributed by atoms with van der Waals surface area (Å²) in [6.45, 7) is 17.1. The van der Waals surface area contributed by atoms with Crippen LogP contribution in [0.3, 0.4) is 0 Å². The third-order valence-electron chi connectivity index (χ3n) is 13.7. The standard InChI is InChI=1S/C42H76N4O3.3ClH/c1-31(2)13-8-14-32(3)35-30-33-29-34(18-22-42(33,5)37-19-21-41(4)20-10-15-36(41)40(35)37)49-39(48)17-9-16-38(47)46(28-12-24-44)27-7-6-25-45-26-11-23-43;;;/h30-32,34-37,40,45H,6-29,43-44H2,1-5H3;3*1H/t32-,34?,35?,36?,37?,40?,41?,42?;;;/m1.../s1. The number of halogens is 3. The van der Waals surface area contributed by atoms with E-state index in [-0.39, 0.29) is 60.6 Å². The molecule has 0 spiro atoms. The fourth-order valence-electron chi connectivity index (χ4n) is 10.7. The molecule has 306 valence electrons. The van der Waals surface area contributed by atoms with Crippen molar-refractivity contribution in [1.29, 1.82) is 0 Å². The zero-order valence-corrected chi connectivity index (χ0v) is 36.1. The summed E-state index contributed by atoms with van der Waals surface area (Å²) in [4.78, 5) is 28.2. The normalized spacial score (nSPS) is 29.6. The summed E-state index contributed by atoms with van der Waals surface area (Å²) >= 11 is 0. The molecule has 3 fully saturated rings. The number of unbranched alkanes of at least 4 members (excludes halogenated alkanes) is 1. The van der Waals surface area contributed by atoms with E-state index in [1.807, 2.05) is 4.90 Å². The number of allylic oxidation sites excluding steroid dienone is 1. The Hall–Kier alpha value is -0.570. The van der Waals surface area contributed by atoms with E-state index in [1.165, 1.54) is 51.4 Å². The van der Waals surface area contributed by atoms with Crippen LogP contribution in [-0.2, 0) is 14.3 Å². The number of nitrogens with two attached hydrogens (primary N) is 2. The van der Waals surface area contributed by atoms with E-state index in [0.717, 1.165) is 88.3 Å². The van der Waals surface area contributed by atoms with Gasteiger partial charge in [0.05, 0.1) is 0 Å². The molecule has 0 saturated heterocycles. The topological polar surface area (TPSA) is 111 Å². The number of hydrogen-bond acceptors (Lipinski definition) is 6. The molecule has 0 bridgehead atoms. The summed E-state index contributed by atoms with van der Waals surface area (Å²) in [6.07, 6.45) is 21.7. The zero-order valence-electron chi connectivity index (χ0n) is 33.6. The lowest BCUT2D eigenvalue weighted by Crippen LogP contribution is -2.53. The lowest BCUT2D eigenvalue weighted by atomic mass is 9.45. The molecule has 8 atom stereocenters. The number of nitrogens with zero attached hydrogens (tertiary/aromatic N) is 1. The van der Waals surface area contributed by atoms with Gasteiger partial charge in [-0.15, -0.1) is 37.2 Å². The van der Waals surface area contributed by atoms with E-state index in [0.29, 0.717) is 56.1 Å². The average molecular weight is 794 g/mol. The number of rotatable bonds is 21. The summed E-state index contributed by atoms with van der Waals surface area (Å²) in [5, 5.41) is 3.41. The Kier molecular flexibility index (Phi) is 23.0. The van der Waals surface area contributed by atoms with Crippen LogP contribution in [0.4, 0.5) is 0 Å². The molecule has 0 aromatic carbocycles. The predicted octanol–water partition coefficient (Wildman–Crippen LogP) is 9.27. The maximum atomic E-state index is 13.1. The molecule has 7 unspecified atom stereocenters. The Morgan fingerprint density at radius 2 is 1.56 bits per heavy atom. The molecule has 4 aliphatic rings. The highest BCUT2D eigenvalue weighted by Crippen LogP contribution is 2.67. The summed E-state index contributed by atoms with van der Waals surface area (Å²) in [5.41, 5.74) is 13.7. The second kappa shape index (κ2) is 24.1. The van der Waals surface area contributed by atoms with Crippen molar-refractivity contribution in [2.45, 2.75) is 156 Å². The van der Waals surface area contributed by atoms with Crippen molar-refractivity contribution in [3.63, 3.8) is 0 Å². The maximum absolute atomic E-state index is 13.1. The Morgan fingerprint density at radius 1 is 0.846 bits per heavy atom. The van der Waals surface area contributed by atoms with Crippen molar-refractivity contribution in [3.05, 3.63) is 11.6 Å². The van der Waals surface area contributed by atoms with Crippen molar-refractivity contribution >= 4 is 49.1 Å². The van der Waals surface area contributed by atoms with Gasteiger partial charge in [0.15, 0.2) is 0 Å². The zero-order chi connectivity index (χ0) is 35.4. The van der Waals surface area contributed by atoms with Gasteiger partial charge < -0.3 is 26.4 Å². The smallest absolute Gasteiger partial charge is 0.306 e. The minimum absolute atomic E-state index is 0. The Bertz CT molecular complexity index is 1080. The maximum Gasteiger partial charge on any atom is 0.306 e. The molecule has 52 heavy (non-hydrogen) atoms. The number of carbonyl (C=O) groups excluding carboxylic acids is 2. The van der Waals surface area contributed by atoms with Gasteiger partial charge >= 0.3 is 5.97 Å².